The fourth-order valence-electron chi connectivity index (χ4n) is 1.77. The van der Waals surface area contributed by atoms with Crippen LogP contribution in [0.5, 0.6) is 5.75 Å². The van der Waals surface area contributed by atoms with Gasteiger partial charge in [-0.25, -0.2) is 4.99 Å². The second-order valence-corrected chi connectivity index (χ2v) is 4.92. The number of guanidine groups is 1. The van der Waals surface area contributed by atoms with Gasteiger partial charge >= 0.3 is 6.18 Å². The van der Waals surface area contributed by atoms with Gasteiger partial charge in [0.15, 0.2) is 12.6 Å². The Morgan fingerprint density at radius 3 is 2.14 bits per heavy atom. The Bertz CT molecular complexity index is 480. The Morgan fingerprint density at radius 2 is 1.64 bits per heavy atom. The standard InChI is InChI=1S/C14H20F3N3O.HI/c1-19(2)13(20(3)4)18-9-11-7-5-6-8-12(11)21-10-14(15,16)17;/h5-8H,9-10H2,1-4H3;1H. The lowest BCUT2D eigenvalue weighted by molar-refractivity contribution is -0.153. The van der Waals surface area contributed by atoms with Gasteiger partial charge in [0.1, 0.15) is 5.75 Å². The highest BCUT2D eigenvalue weighted by molar-refractivity contribution is 14.0. The van der Waals surface area contributed by atoms with Gasteiger partial charge in [-0.3, -0.25) is 0 Å². The fourth-order valence-corrected chi connectivity index (χ4v) is 1.77. The Hall–Kier alpha value is -1.19. The van der Waals surface area contributed by atoms with Crippen LogP contribution in [0.2, 0.25) is 0 Å². The van der Waals surface area contributed by atoms with E-state index in [4.69, 9.17) is 4.74 Å². The Kier molecular flexibility index (Phi) is 8.57. The summed E-state index contributed by atoms with van der Waals surface area (Å²) >= 11 is 0. The molecule has 0 heterocycles. The number of halogens is 4. The molecule has 0 spiro atoms. The second-order valence-electron chi connectivity index (χ2n) is 4.92. The van der Waals surface area contributed by atoms with Crippen LogP contribution in [0, 0.1) is 0 Å². The Labute approximate surface area is 146 Å². The summed E-state index contributed by atoms with van der Waals surface area (Å²) in [5, 5.41) is 0. The molecule has 0 bridgehead atoms. The Morgan fingerprint density at radius 1 is 1.09 bits per heavy atom. The highest BCUT2D eigenvalue weighted by atomic mass is 127. The molecule has 0 radical (unpaired) electrons. The van der Waals surface area contributed by atoms with Crippen LogP contribution < -0.4 is 4.74 Å². The van der Waals surface area contributed by atoms with Crippen molar-refractivity contribution < 1.29 is 17.9 Å². The van der Waals surface area contributed by atoms with E-state index in [0.29, 0.717) is 5.56 Å². The zero-order valence-electron chi connectivity index (χ0n) is 13.0. The number of ether oxygens (including phenoxy) is 1. The molecule has 0 aromatic heterocycles. The molecular formula is C14H21F3IN3O. The molecule has 22 heavy (non-hydrogen) atoms. The first kappa shape index (κ1) is 20.8. The lowest BCUT2D eigenvalue weighted by atomic mass is 10.2. The quantitative estimate of drug-likeness (QED) is 0.417. The van der Waals surface area contributed by atoms with E-state index < -0.39 is 12.8 Å². The number of rotatable bonds is 4. The highest BCUT2D eigenvalue weighted by Gasteiger charge is 2.28. The maximum Gasteiger partial charge on any atom is 0.422 e. The Balaban J connectivity index is 0.00000441. The van der Waals surface area contributed by atoms with Gasteiger partial charge < -0.3 is 14.5 Å². The van der Waals surface area contributed by atoms with Crippen molar-refractivity contribution in [2.24, 2.45) is 4.99 Å². The summed E-state index contributed by atoms with van der Waals surface area (Å²) in [5.41, 5.74) is 0.614. The third kappa shape index (κ3) is 7.19. The van der Waals surface area contributed by atoms with E-state index in [9.17, 15) is 13.2 Å². The molecule has 0 saturated heterocycles. The van der Waals surface area contributed by atoms with Gasteiger partial charge in [-0.05, 0) is 6.07 Å². The van der Waals surface area contributed by atoms with E-state index in [2.05, 4.69) is 4.99 Å². The van der Waals surface area contributed by atoms with Crippen LogP contribution in [0.1, 0.15) is 5.56 Å². The normalized spacial score (nSPS) is 10.5. The number of hydrogen-bond acceptors (Lipinski definition) is 2. The molecule has 0 unspecified atom stereocenters. The first-order chi connectivity index (χ1) is 9.70. The summed E-state index contributed by atoms with van der Waals surface area (Å²) in [7, 11) is 7.41. The van der Waals surface area contributed by atoms with Crippen molar-refractivity contribution in [3.8, 4) is 5.75 Å². The van der Waals surface area contributed by atoms with Gasteiger partial charge in [-0.15, -0.1) is 24.0 Å². The van der Waals surface area contributed by atoms with Crippen molar-refractivity contribution in [2.75, 3.05) is 34.8 Å². The van der Waals surface area contributed by atoms with Crippen molar-refractivity contribution >= 4 is 29.9 Å². The van der Waals surface area contributed by atoms with Crippen molar-refractivity contribution in [3.63, 3.8) is 0 Å². The van der Waals surface area contributed by atoms with Gasteiger partial charge in [0.05, 0.1) is 6.54 Å². The summed E-state index contributed by atoms with van der Waals surface area (Å²) in [5.74, 6) is 0.927. The average Bonchev–Trinajstić information content (AvgIpc) is 2.36. The van der Waals surface area contributed by atoms with Crippen LogP contribution in [0.15, 0.2) is 29.3 Å². The van der Waals surface area contributed by atoms with E-state index in [0.717, 1.165) is 5.96 Å². The van der Waals surface area contributed by atoms with E-state index in [-0.39, 0.29) is 36.3 Å². The number of nitrogens with zero attached hydrogens (tertiary/aromatic N) is 3. The number of aliphatic imine (C=N–C) groups is 1. The van der Waals surface area contributed by atoms with Crippen LogP contribution in [-0.2, 0) is 6.54 Å². The average molecular weight is 431 g/mol. The van der Waals surface area contributed by atoms with Crippen molar-refractivity contribution in [2.45, 2.75) is 12.7 Å². The van der Waals surface area contributed by atoms with Crippen molar-refractivity contribution in [3.05, 3.63) is 29.8 Å². The monoisotopic (exact) mass is 431 g/mol. The number of para-hydroxylation sites is 1. The van der Waals surface area contributed by atoms with Crippen LogP contribution in [-0.4, -0.2) is 56.7 Å². The smallest absolute Gasteiger partial charge is 0.422 e. The van der Waals surface area contributed by atoms with Crippen molar-refractivity contribution in [1.29, 1.82) is 0 Å². The lowest BCUT2D eigenvalue weighted by Gasteiger charge is -2.22. The summed E-state index contributed by atoms with van der Waals surface area (Å²) in [6.07, 6.45) is -4.35. The summed E-state index contributed by atoms with van der Waals surface area (Å²) in [6, 6.07) is 6.60. The number of benzene rings is 1. The van der Waals surface area contributed by atoms with Gasteiger partial charge in [0.2, 0.25) is 0 Å². The largest absolute Gasteiger partial charge is 0.484 e. The zero-order chi connectivity index (χ0) is 16.0. The molecule has 0 saturated carbocycles. The first-order valence-electron chi connectivity index (χ1n) is 6.37. The van der Waals surface area contributed by atoms with Gasteiger partial charge in [0, 0.05) is 33.8 Å². The van der Waals surface area contributed by atoms with Gasteiger partial charge in [-0.2, -0.15) is 13.2 Å². The molecule has 4 nitrogen and oxygen atoms in total. The van der Waals surface area contributed by atoms with E-state index in [1.807, 2.05) is 38.0 Å². The molecule has 0 aliphatic heterocycles. The van der Waals surface area contributed by atoms with Crippen LogP contribution in [0.4, 0.5) is 13.2 Å². The van der Waals surface area contributed by atoms with Crippen LogP contribution in [0.25, 0.3) is 0 Å². The third-order valence-electron chi connectivity index (χ3n) is 2.55. The lowest BCUT2D eigenvalue weighted by Crippen LogP contribution is -2.35. The van der Waals surface area contributed by atoms with Crippen molar-refractivity contribution in [1.82, 2.24) is 9.80 Å². The van der Waals surface area contributed by atoms with Crippen LogP contribution in [0.3, 0.4) is 0 Å². The minimum absolute atomic E-state index is 0. The minimum Gasteiger partial charge on any atom is -0.484 e. The molecule has 0 aliphatic carbocycles. The topological polar surface area (TPSA) is 28.1 Å². The second kappa shape index (κ2) is 9.06. The summed E-state index contributed by atoms with van der Waals surface area (Å²) in [4.78, 5) is 8.07. The van der Waals surface area contributed by atoms with Gasteiger partial charge in [0.25, 0.3) is 0 Å². The number of alkyl halides is 3. The summed E-state index contributed by atoms with van der Waals surface area (Å²) in [6.45, 7) is -1.05. The molecule has 126 valence electrons. The molecule has 0 N–H and O–H groups in total. The molecule has 1 rings (SSSR count). The molecule has 8 heteroatoms. The predicted molar refractivity (Wildman–Crippen MR) is 91.9 cm³/mol. The van der Waals surface area contributed by atoms with E-state index in [1.54, 1.807) is 18.2 Å². The summed E-state index contributed by atoms with van der Waals surface area (Å²) < 4.78 is 41.5. The molecular weight excluding hydrogens is 410 g/mol. The van der Waals surface area contributed by atoms with E-state index in [1.165, 1.54) is 6.07 Å². The maximum atomic E-state index is 12.2. The first-order valence-corrected chi connectivity index (χ1v) is 6.37. The van der Waals surface area contributed by atoms with E-state index >= 15 is 0 Å². The minimum atomic E-state index is -4.35. The highest BCUT2D eigenvalue weighted by Crippen LogP contribution is 2.22. The molecule has 1 aromatic rings. The third-order valence-corrected chi connectivity index (χ3v) is 2.55. The number of hydrogen-bond donors (Lipinski definition) is 0. The fraction of sp³-hybridized carbons (Fsp3) is 0.500. The zero-order valence-corrected chi connectivity index (χ0v) is 15.3. The molecule has 0 aliphatic rings. The maximum absolute atomic E-state index is 12.2. The van der Waals surface area contributed by atoms with Crippen LogP contribution >= 0.6 is 24.0 Å². The molecule has 0 amide bonds. The molecule has 1 aromatic carbocycles. The van der Waals surface area contributed by atoms with Gasteiger partial charge in [-0.1, -0.05) is 18.2 Å². The molecule has 0 fully saturated rings. The molecule has 0 atom stereocenters. The predicted octanol–water partition coefficient (Wildman–Crippen LogP) is 3.22. The SMILES string of the molecule is CN(C)C(=NCc1ccccc1OCC(F)(F)F)N(C)C.I.